The highest BCUT2D eigenvalue weighted by molar-refractivity contribution is 6.42. The van der Waals surface area contributed by atoms with Gasteiger partial charge in [0, 0.05) is 16.8 Å². The Hall–Kier alpha value is -1.77. The third kappa shape index (κ3) is 9.94. The molecule has 0 saturated carbocycles. The summed E-state index contributed by atoms with van der Waals surface area (Å²) in [6.45, 7) is 2.29. The summed E-state index contributed by atoms with van der Waals surface area (Å²) >= 11 is 12.4. The fourth-order valence-electron chi connectivity index (χ4n) is 4.88. The molecular weight excluding hydrogens is 483 g/mol. The molecule has 0 radical (unpaired) electrons. The Bertz CT molecular complexity index is 997. The molecule has 0 saturated heterocycles. The van der Waals surface area contributed by atoms with E-state index in [4.69, 9.17) is 28.2 Å². The molecule has 0 atom stereocenters. The van der Waals surface area contributed by atoms with E-state index in [1.165, 1.54) is 102 Å². The lowest BCUT2D eigenvalue weighted by atomic mass is 10.0. The van der Waals surface area contributed by atoms with Crippen LogP contribution in [0.1, 0.15) is 109 Å². The first-order chi connectivity index (χ1) is 17.7. The fraction of sp³-hybridized carbons (Fsp3) is 0.531. The molecule has 0 spiro atoms. The molecule has 36 heavy (non-hydrogen) atoms. The zero-order valence-electron chi connectivity index (χ0n) is 22.1. The van der Waals surface area contributed by atoms with Crippen LogP contribution < -0.4 is 0 Å². The molecule has 3 aromatic rings. The minimum Gasteiger partial charge on any atom is -0.341 e. The van der Waals surface area contributed by atoms with Crippen LogP contribution in [0.4, 0.5) is 0 Å². The molecule has 0 fully saturated rings. The van der Waals surface area contributed by atoms with Gasteiger partial charge in [-0.2, -0.15) is 0 Å². The maximum atomic E-state index is 6.26. The lowest BCUT2D eigenvalue weighted by molar-refractivity contribution is 0.532. The molecule has 2 aromatic carbocycles. The molecule has 1 aromatic heterocycles. The van der Waals surface area contributed by atoms with Crippen LogP contribution in [0, 0.1) is 0 Å². The number of hydrogen-bond donors (Lipinski definition) is 1. The van der Waals surface area contributed by atoms with Crippen molar-refractivity contribution in [3.05, 3.63) is 64.3 Å². The standard InChI is InChI=1S/C32H44Cl2N2/c1-2-3-4-5-6-7-8-9-10-11-12-13-14-15-19-22-30-31(26-20-17-16-18-21-26)36-32(35-30)27-23-24-28(33)29(34)25-27/h16-18,20-21,23-25H,2-15,19,22H2,1H3,(H,35,36). The van der Waals surface area contributed by atoms with Gasteiger partial charge >= 0.3 is 0 Å². The highest BCUT2D eigenvalue weighted by atomic mass is 35.5. The first-order valence-electron chi connectivity index (χ1n) is 14.3. The second-order valence-corrected chi connectivity index (χ2v) is 10.9. The Labute approximate surface area is 229 Å². The molecule has 0 amide bonds. The van der Waals surface area contributed by atoms with E-state index in [9.17, 15) is 0 Å². The van der Waals surface area contributed by atoms with Crippen molar-refractivity contribution in [1.29, 1.82) is 0 Å². The van der Waals surface area contributed by atoms with Crippen LogP contribution in [0.15, 0.2) is 48.5 Å². The summed E-state index contributed by atoms with van der Waals surface area (Å²) in [7, 11) is 0. The topological polar surface area (TPSA) is 28.7 Å². The Morgan fingerprint density at radius 2 is 1.17 bits per heavy atom. The molecule has 0 aliphatic heterocycles. The van der Waals surface area contributed by atoms with Crippen molar-refractivity contribution in [2.75, 3.05) is 0 Å². The largest absolute Gasteiger partial charge is 0.341 e. The van der Waals surface area contributed by atoms with Gasteiger partial charge in [-0.1, -0.05) is 150 Å². The molecular formula is C32H44Cl2N2. The van der Waals surface area contributed by atoms with E-state index >= 15 is 0 Å². The second kappa shape index (κ2) is 16.9. The number of aromatic amines is 1. The molecule has 196 valence electrons. The zero-order chi connectivity index (χ0) is 25.4. The number of halogens is 2. The van der Waals surface area contributed by atoms with E-state index in [2.05, 4.69) is 36.2 Å². The number of nitrogens with zero attached hydrogens (tertiary/aromatic N) is 1. The fourth-order valence-corrected chi connectivity index (χ4v) is 5.18. The molecule has 1 heterocycles. The summed E-state index contributed by atoms with van der Waals surface area (Å²) in [6.07, 6.45) is 21.7. The number of benzene rings is 2. The molecule has 0 aliphatic carbocycles. The maximum Gasteiger partial charge on any atom is 0.138 e. The number of aromatic nitrogens is 2. The first-order valence-corrected chi connectivity index (χ1v) is 15.0. The lowest BCUT2D eigenvalue weighted by Crippen LogP contribution is -1.91. The third-order valence-electron chi connectivity index (χ3n) is 7.05. The third-order valence-corrected chi connectivity index (χ3v) is 7.79. The van der Waals surface area contributed by atoms with Crippen LogP contribution in [-0.2, 0) is 6.42 Å². The van der Waals surface area contributed by atoms with Crippen molar-refractivity contribution in [3.63, 3.8) is 0 Å². The van der Waals surface area contributed by atoms with E-state index in [0.29, 0.717) is 10.0 Å². The van der Waals surface area contributed by atoms with Gasteiger partial charge in [-0.25, -0.2) is 4.98 Å². The van der Waals surface area contributed by atoms with Gasteiger partial charge in [-0.05, 0) is 31.0 Å². The number of hydrogen-bond acceptors (Lipinski definition) is 1. The van der Waals surface area contributed by atoms with Gasteiger partial charge in [0.2, 0.25) is 0 Å². The van der Waals surface area contributed by atoms with Crippen LogP contribution in [0.5, 0.6) is 0 Å². The van der Waals surface area contributed by atoms with Gasteiger partial charge in [0.15, 0.2) is 0 Å². The first kappa shape index (κ1) is 28.8. The Balaban J connectivity index is 1.37. The lowest BCUT2D eigenvalue weighted by Gasteiger charge is -2.04. The highest BCUT2D eigenvalue weighted by Gasteiger charge is 2.14. The average Bonchev–Trinajstić information content (AvgIpc) is 3.32. The second-order valence-electron chi connectivity index (χ2n) is 10.1. The molecule has 0 bridgehead atoms. The van der Waals surface area contributed by atoms with Gasteiger partial charge in [0.05, 0.1) is 15.7 Å². The van der Waals surface area contributed by atoms with E-state index < -0.39 is 0 Å². The smallest absolute Gasteiger partial charge is 0.138 e. The predicted molar refractivity (Wildman–Crippen MR) is 158 cm³/mol. The summed E-state index contributed by atoms with van der Waals surface area (Å²) < 4.78 is 0. The number of nitrogens with one attached hydrogen (secondary N) is 1. The molecule has 4 heteroatoms. The van der Waals surface area contributed by atoms with E-state index in [1.54, 1.807) is 0 Å². The molecule has 0 unspecified atom stereocenters. The highest BCUT2D eigenvalue weighted by Crippen LogP contribution is 2.31. The van der Waals surface area contributed by atoms with Crippen molar-refractivity contribution in [3.8, 4) is 22.6 Å². The van der Waals surface area contributed by atoms with Crippen molar-refractivity contribution in [1.82, 2.24) is 9.97 Å². The quantitative estimate of drug-likeness (QED) is 0.164. The number of imidazole rings is 1. The van der Waals surface area contributed by atoms with E-state index in [1.807, 2.05) is 24.3 Å². The van der Waals surface area contributed by atoms with Crippen molar-refractivity contribution >= 4 is 23.2 Å². The number of H-pyrrole nitrogens is 1. The molecule has 0 aliphatic rings. The number of rotatable bonds is 18. The van der Waals surface area contributed by atoms with Crippen LogP contribution in [0.25, 0.3) is 22.6 Å². The maximum absolute atomic E-state index is 6.26. The molecule has 3 rings (SSSR count). The number of unbranched alkanes of at least 4 members (excludes halogenated alkanes) is 14. The monoisotopic (exact) mass is 526 g/mol. The van der Waals surface area contributed by atoms with Crippen LogP contribution >= 0.6 is 23.2 Å². The SMILES string of the molecule is CCCCCCCCCCCCCCCCCc1[nH]c(-c2ccc(Cl)c(Cl)c2)nc1-c1ccccc1. The summed E-state index contributed by atoms with van der Waals surface area (Å²) in [4.78, 5) is 8.53. The van der Waals surface area contributed by atoms with Crippen LogP contribution in [0.2, 0.25) is 10.0 Å². The van der Waals surface area contributed by atoms with Gasteiger partial charge in [-0.15, -0.1) is 0 Å². The molecule has 1 N–H and O–H groups in total. The number of aryl methyl sites for hydroxylation is 1. The van der Waals surface area contributed by atoms with E-state index in [0.717, 1.165) is 29.1 Å². The van der Waals surface area contributed by atoms with Crippen LogP contribution in [0.3, 0.4) is 0 Å². The average molecular weight is 528 g/mol. The van der Waals surface area contributed by atoms with E-state index in [-0.39, 0.29) is 0 Å². The normalized spacial score (nSPS) is 11.3. The minimum atomic E-state index is 0.552. The predicted octanol–water partition coefficient (Wildman–Crippen LogP) is 11.5. The van der Waals surface area contributed by atoms with Crippen molar-refractivity contribution in [2.24, 2.45) is 0 Å². The summed E-state index contributed by atoms with van der Waals surface area (Å²) in [5.74, 6) is 0.850. The van der Waals surface area contributed by atoms with Gasteiger partial charge in [-0.3, -0.25) is 0 Å². The Kier molecular flexibility index (Phi) is 13.5. The summed E-state index contributed by atoms with van der Waals surface area (Å²) in [6, 6.07) is 16.1. The van der Waals surface area contributed by atoms with Gasteiger partial charge in [0.1, 0.15) is 5.82 Å². The summed E-state index contributed by atoms with van der Waals surface area (Å²) in [5.41, 5.74) is 4.36. The van der Waals surface area contributed by atoms with Crippen molar-refractivity contribution in [2.45, 2.75) is 110 Å². The summed E-state index contributed by atoms with van der Waals surface area (Å²) in [5, 5.41) is 1.11. The molecule has 2 nitrogen and oxygen atoms in total. The zero-order valence-corrected chi connectivity index (χ0v) is 23.6. The Morgan fingerprint density at radius 1 is 0.611 bits per heavy atom. The van der Waals surface area contributed by atoms with Gasteiger partial charge in [0.25, 0.3) is 0 Å². The minimum absolute atomic E-state index is 0.552. The van der Waals surface area contributed by atoms with Crippen LogP contribution in [-0.4, -0.2) is 9.97 Å². The van der Waals surface area contributed by atoms with Gasteiger partial charge < -0.3 is 4.98 Å². The Morgan fingerprint density at radius 3 is 1.72 bits per heavy atom. The van der Waals surface area contributed by atoms with Crippen molar-refractivity contribution < 1.29 is 0 Å².